The SMILES string of the molecule is CCNC(=NCCc1ccc(-n2cccn2)cc1)NCCOc1ccc2c(c1)CCC(=O)N2.I. The first-order valence-corrected chi connectivity index (χ1v) is 11.4. The van der Waals surface area contributed by atoms with Crippen molar-refractivity contribution in [2.75, 3.05) is 31.6 Å². The number of fused-ring (bicyclic) bond motifs is 1. The summed E-state index contributed by atoms with van der Waals surface area (Å²) in [6, 6.07) is 16.1. The molecule has 34 heavy (non-hydrogen) atoms. The van der Waals surface area contributed by atoms with Crippen molar-refractivity contribution in [3.05, 3.63) is 72.1 Å². The van der Waals surface area contributed by atoms with Crippen LogP contribution in [0.3, 0.4) is 0 Å². The maximum absolute atomic E-state index is 11.5. The van der Waals surface area contributed by atoms with Crippen molar-refractivity contribution in [1.29, 1.82) is 0 Å². The Morgan fingerprint density at radius 1 is 1.18 bits per heavy atom. The van der Waals surface area contributed by atoms with Crippen LogP contribution in [0.15, 0.2) is 65.9 Å². The van der Waals surface area contributed by atoms with E-state index in [9.17, 15) is 4.79 Å². The summed E-state index contributed by atoms with van der Waals surface area (Å²) in [5.41, 5.74) is 4.28. The number of carbonyl (C=O) groups excluding carboxylic acids is 1. The molecule has 0 saturated carbocycles. The fraction of sp³-hybridized carbons (Fsp3) is 0.320. The Hall–Kier alpha value is -3.08. The van der Waals surface area contributed by atoms with Gasteiger partial charge in [0.1, 0.15) is 12.4 Å². The molecule has 0 unspecified atom stereocenters. The molecule has 1 aliphatic heterocycles. The monoisotopic (exact) mass is 574 g/mol. The zero-order valence-electron chi connectivity index (χ0n) is 19.3. The largest absolute Gasteiger partial charge is 0.492 e. The first kappa shape index (κ1) is 25.5. The molecule has 0 atom stereocenters. The number of nitrogens with one attached hydrogen (secondary N) is 3. The maximum atomic E-state index is 11.5. The average Bonchev–Trinajstić information content (AvgIpc) is 3.37. The fourth-order valence-corrected chi connectivity index (χ4v) is 3.66. The Labute approximate surface area is 217 Å². The van der Waals surface area contributed by atoms with Crippen LogP contribution >= 0.6 is 24.0 Å². The van der Waals surface area contributed by atoms with Gasteiger partial charge in [0.25, 0.3) is 0 Å². The molecule has 3 aromatic rings. The van der Waals surface area contributed by atoms with Crippen LogP contribution < -0.4 is 20.7 Å². The van der Waals surface area contributed by atoms with Gasteiger partial charge in [-0.25, -0.2) is 4.68 Å². The molecule has 180 valence electrons. The Morgan fingerprint density at radius 2 is 2.03 bits per heavy atom. The molecule has 1 amide bonds. The van der Waals surface area contributed by atoms with Crippen molar-refractivity contribution in [2.45, 2.75) is 26.2 Å². The van der Waals surface area contributed by atoms with Crippen LogP contribution in [0.4, 0.5) is 5.69 Å². The summed E-state index contributed by atoms with van der Waals surface area (Å²) in [4.78, 5) is 16.2. The summed E-state index contributed by atoms with van der Waals surface area (Å²) in [5.74, 6) is 1.66. The summed E-state index contributed by atoms with van der Waals surface area (Å²) >= 11 is 0. The number of carbonyl (C=O) groups is 1. The Bertz CT molecular complexity index is 1080. The molecule has 4 rings (SSSR count). The number of halogens is 1. The molecule has 0 aliphatic carbocycles. The number of benzene rings is 2. The minimum atomic E-state index is 0. The first-order chi connectivity index (χ1) is 16.2. The number of aliphatic imine (C=N–C) groups is 1. The van der Waals surface area contributed by atoms with E-state index in [0.29, 0.717) is 26.1 Å². The number of aryl methyl sites for hydroxylation is 1. The van der Waals surface area contributed by atoms with E-state index in [1.165, 1.54) is 5.56 Å². The van der Waals surface area contributed by atoms with E-state index in [4.69, 9.17) is 4.74 Å². The highest BCUT2D eigenvalue weighted by atomic mass is 127. The number of hydrogen-bond acceptors (Lipinski definition) is 4. The average molecular weight is 574 g/mol. The van der Waals surface area contributed by atoms with Crippen LogP contribution in [0.1, 0.15) is 24.5 Å². The lowest BCUT2D eigenvalue weighted by Crippen LogP contribution is -2.39. The van der Waals surface area contributed by atoms with Crippen molar-refractivity contribution in [3.63, 3.8) is 0 Å². The van der Waals surface area contributed by atoms with E-state index >= 15 is 0 Å². The van der Waals surface area contributed by atoms with Crippen LogP contribution in [0.25, 0.3) is 5.69 Å². The third kappa shape index (κ3) is 7.21. The normalized spacial score (nSPS) is 12.9. The van der Waals surface area contributed by atoms with Crippen LogP contribution in [-0.4, -0.2) is 47.9 Å². The van der Waals surface area contributed by atoms with Gasteiger partial charge < -0.3 is 20.7 Å². The number of ether oxygens (including phenoxy) is 1. The number of aromatic nitrogens is 2. The maximum Gasteiger partial charge on any atom is 0.224 e. The predicted octanol–water partition coefficient (Wildman–Crippen LogP) is 3.55. The minimum absolute atomic E-state index is 0. The molecule has 9 heteroatoms. The molecule has 2 heterocycles. The van der Waals surface area contributed by atoms with Crippen molar-refractivity contribution in [2.24, 2.45) is 4.99 Å². The second-order valence-corrected chi connectivity index (χ2v) is 7.77. The van der Waals surface area contributed by atoms with Crippen molar-refractivity contribution in [1.82, 2.24) is 20.4 Å². The molecule has 0 radical (unpaired) electrons. The standard InChI is InChI=1S/C25H30N6O2.HI/c1-2-26-25(27-14-12-19-4-7-21(8-5-19)31-16-3-13-29-31)28-15-17-33-22-9-10-23-20(18-22)6-11-24(32)30-23;/h3-5,7-10,13,16,18H,2,6,11-12,14-15,17H2,1H3,(H,30,32)(H2,26,27,28);1H. The first-order valence-electron chi connectivity index (χ1n) is 11.4. The Morgan fingerprint density at radius 3 is 2.79 bits per heavy atom. The van der Waals surface area contributed by atoms with E-state index in [1.54, 1.807) is 6.20 Å². The summed E-state index contributed by atoms with van der Waals surface area (Å²) in [6.07, 6.45) is 5.84. The highest BCUT2D eigenvalue weighted by Crippen LogP contribution is 2.26. The summed E-state index contributed by atoms with van der Waals surface area (Å²) < 4.78 is 7.72. The van der Waals surface area contributed by atoms with Crippen LogP contribution in [0.2, 0.25) is 0 Å². The van der Waals surface area contributed by atoms with Crippen LogP contribution in [-0.2, 0) is 17.6 Å². The van der Waals surface area contributed by atoms with Gasteiger partial charge in [-0.05, 0) is 67.3 Å². The van der Waals surface area contributed by atoms with Gasteiger partial charge in [-0.3, -0.25) is 9.79 Å². The zero-order chi connectivity index (χ0) is 22.9. The summed E-state index contributed by atoms with van der Waals surface area (Å²) in [5, 5.41) is 13.7. The molecular formula is C25H31IN6O2. The van der Waals surface area contributed by atoms with Gasteiger partial charge in [0.2, 0.25) is 5.91 Å². The number of nitrogens with zero attached hydrogens (tertiary/aromatic N) is 3. The van der Waals surface area contributed by atoms with E-state index in [1.807, 2.05) is 42.1 Å². The molecule has 0 saturated heterocycles. The third-order valence-electron chi connectivity index (χ3n) is 5.36. The van der Waals surface area contributed by atoms with Gasteiger partial charge in [-0.2, -0.15) is 5.10 Å². The highest BCUT2D eigenvalue weighted by molar-refractivity contribution is 14.0. The van der Waals surface area contributed by atoms with Gasteiger partial charge in [0.05, 0.1) is 12.2 Å². The Balaban J connectivity index is 0.00000324. The molecule has 0 spiro atoms. The molecule has 1 aromatic heterocycles. The lowest BCUT2D eigenvalue weighted by atomic mass is 10.0. The van der Waals surface area contributed by atoms with Crippen molar-refractivity contribution in [3.8, 4) is 11.4 Å². The lowest BCUT2D eigenvalue weighted by molar-refractivity contribution is -0.116. The van der Waals surface area contributed by atoms with Crippen LogP contribution in [0.5, 0.6) is 5.75 Å². The van der Waals surface area contributed by atoms with Gasteiger partial charge in [0.15, 0.2) is 5.96 Å². The van der Waals surface area contributed by atoms with Gasteiger partial charge in [0, 0.05) is 37.6 Å². The van der Waals surface area contributed by atoms with E-state index in [-0.39, 0.29) is 29.9 Å². The van der Waals surface area contributed by atoms with Crippen molar-refractivity contribution < 1.29 is 9.53 Å². The predicted molar refractivity (Wildman–Crippen MR) is 146 cm³/mol. The number of rotatable bonds is 9. The number of guanidine groups is 1. The smallest absolute Gasteiger partial charge is 0.224 e. The summed E-state index contributed by atoms with van der Waals surface area (Å²) in [6.45, 7) is 4.69. The lowest BCUT2D eigenvalue weighted by Gasteiger charge is -2.18. The molecule has 2 aromatic carbocycles. The number of amides is 1. The molecule has 8 nitrogen and oxygen atoms in total. The minimum Gasteiger partial charge on any atom is -0.492 e. The summed E-state index contributed by atoms with van der Waals surface area (Å²) in [7, 11) is 0. The third-order valence-corrected chi connectivity index (χ3v) is 5.36. The topological polar surface area (TPSA) is 92.6 Å². The highest BCUT2D eigenvalue weighted by Gasteiger charge is 2.14. The van der Waals surface area contributed by atoms with Gasteiger partial charge in [-0.1, -0.05) is 12.1 Å². The van der Waals surface area contributed by atoms with Crippen LogP contribution in [0, 0.1) is 0 Å². The number of anilines is 1. The van der Waals surface area contributed by atoms with E-state index < -0.39 is 0 Å². The Kier molecular flexibility index (Phi) is 9.75. The van der Waals surface area contributed by atoms with E-state index in [2.05, 4.69) is 50.3 Å². The number of hydrogen-bond donors (Lipinski definition) is 3. The molecule has 0 bridgehead atoms. The fourth-order valence-electron chi connectivity index (χ4n) is 3.66. The zero-order valence-corrected chi connectivity index (χ0v) is 21.6. The quantitative estimate of drug-likeness (QED) is 0.157. The van der Waals surface area contributed by atoms with Crippen molar-refractivity contribution >= 4 is 41.5 Å². The van der Waals surface area contributed by atoms with Gasteiger partial charge >= 0.3 is 0 Å². The molecule has 3 N–H and O–H groups in total. The van der Waals surface area contributed by atoms with E-state index in [0.717, 1.165) is 48.0 Å². The second-order valence-electron chi connectivity index (χ2n) is 7.77. The molecule has 1 aliphatic rings. The second kappa shape index (κ2) is 13.0. The van der Waals surface area contributed by atoms with Gasteiger partial charge in [-0.15, -0.1) is 24.0 Å². The molecular weight excluding hydrogens is 543 g/mol. The molecule has 0 fully saturated rings.